The van der Waals surface area contributed by atoms with Gasteiger partial charge in [-0.1, -0.05) is 194 Å². The molecule has 0 amide bonds. The summed E-state index contributed by atoms with van der Waals surface area (Å²) in [5.74, 6) is 0. The molecule has 0 atom stereocenters. The lowest BCUT2D eigenvalue weighted by molar-refractivity contribution is 1.29. The Morgan fingerprint density at radius 2 is 0.767 bits per heavy atom. The summed E-state index contributed by atoms with van der Waals surface area (Å²) >= 11 is 1.86. The lowest BCUT2D eigenvalue weighted by atomic mass is 9.88. The van der Waals surface area contributed by atoms with Gasteiger partial charge in [-0.25, -0.2) is 0 Å². The number of anilines is 3. The van der Waals surface area contributed by atoms with E-state index in [0.717, 1.165) is 17.1 Å². The molecule has 0 saturated carbocycles. The van der Waals surface area contributed by atoms with Crippen molar-refractivity contribution in [3.8, 4) is 55.6 Å². The number of hydrogen-bond acceptors (Lipinski definition) is 2. The van der Waals surface area contributed by atoms with Crippen LogP contribution in [0, 0.1) is 0 Å². The van der Waals surface area contributed by atoms with Crippen molar-refractivity contribution in [2.45, 2.75) is 0 Å². The summed E-state index contributed by atoms with van der Waals surface area (Å²) < 4.78 is 2.58. The molecule has 0 spiro atoms. The van der Waals surface area contributed by atoms with Crippen LogP contribution in [-0.4, -0.2) is 0 Å². The van der Waals surface area contributed by atoms with Gasteiger partial charge in [0.15, 0.2) is 0 Å². The zero-order valence-electron chi connectivity index (χ0n) is 32.9. The summed E-state index contributed by atoms with van der Waals surface area (Å²) in [6.45, 7) is 0. The number of thiophene rings is 1. The van der Waals surface area contributed by atoms with Crippen molar-refractivity contribution < 1.29 is 0 Å². The SMILES string of the molecule is c1ccc(-c2ccccc2-c2ccccc2-c2ccccc2N(c2ccc(-c3ccc(-c4ccc5ccccc5c4)cc3)cc2)c2ccc3c(c2)sc2ccccc23)cc1. The molecule has 0 radical (unpaired) electrons. The van der Waals surface area contributed by atoms with Crippen molar-refractivity contribution in [1.82, 2.24) is 0 Å². The topological polar surface area (TPSA) is 3.24 Å². The summed E-state index contributed by atoms with van der Waals surface area (Å²) in [5, 5.41) is 5.11. The van der Waals surface area contributed by atoms with Crippen LogP contribution in [0.25, 0.3) is 86.6 Å². The molecule has 11 aromatic rings. The van der Waals surface area contributed by atoms with E-state index in [2.05, 4.69) is 241 Å². The van der Waals surface area contributed by atoms with Gasteiger partial charge in [-0.2, -0.15) is 0 Å². The monoisotopic (exact) mass is 781 g/mol. The first kappa shape index (κ1) is 35.6. The fraction of sp³-hybridized carbons (Fsp3) is 0. The Morgan fingerprint density at radius 3 is 1.52 bits per heavy atom. The molecule has 1 aromatic heterocycles. The lowest BCUT2D eigenvalue weighted by Gasteiger charge is -2.29. The molecule has 0 aliphatic rings. The third kappa shape index (κ3) is 6.54. The zero-order chi connectivity index (χ0) is 39.8. The second-order valence-electron chi connectivity index (χ2n) is 15.3. The van der Waals surface area contributed by atoms with Crippen LogP contribution in [0.5, 0.6) is 0 Å². The van der Waals surface area contributed by atoms with Gasteiger partial charge in [-0.05, 0) is 103 Å². The highest BCUT2D eigenvalue weighted by atomic mass is 32.1. The van der Waals surface area contributed by atoms with E-state index in [1.165, 1.54) is 86.6 Å². The van der Waals surface area contributed by atoms with Gasteiger partial charge < -0.3 is 4.90 Å². The van der Waals surface area contributed by atoms with Gasteiger partial charge >= 0.3 is 0 Å². The highest BCUT2D eigenvalue weighted by Crippen LogP contribution is 2.47. The Balaban J connectivity index is 1.02. The van der Waals surface area contributed by atoms with Gasteiger partial charge in [0, 0.05) is 37.1 Å². The fourth-order valence-electron chi connectivity index (χ4n) is 8.74. The number of para-hydroxylation sites is 1. The number of benzene rings is 10. The van der Waals surface area contributed by atoms with Crippen LogP contribution < -0.4 is 4.90 Å². The maximum Gasteiger partial charge on any atom is 0.0540 e. The van der Waals surface area contributed by atoms with Crippen molar-refractivity contribution in [2.24, 2.45) is 0 Å². The fourth-order valence-corrected chi connectivity index (χ4v) is 9.88. The van der Waals surface area contributed by atoms with Crippen LogP contribution in [0.4, 0.5) is 17.1 Å². The molecule has 282 valence electrons. The number of rotatable bonds is 8. The van der Waals surface area contributed by atoms with Gasteiger partial charge in [0.25, 0.3) is 0 Å². The molecule has 1 nitrogen and oxygen atoms in total. The van der Waals surface area contributed by atoms with Gasteiger partial charge in [-0.15, -0.1) is 11.3 Å². The molecule has 10 aromatic carbocycles. The lowest BCUT2D eigenvalue weighted by Crippen LogP contribution is -2.11. The van der Waals surface area contributed by atoms with Gasteiger partial charge in [0.2, 0.25) is 0 Å². The number of nitrogens with zero attached hydrogens (tertiary/aromatic N) is 1. The number of hydrogen-bond donors (Lipinski definition) is 0. The largest absolute Gasteiger partial charge is 0.310 e. The van der Waals surface area contributed by atoms with E-state index in [4.69, 9.17) is 0 Å². The minimum Gasteiger partial charge on any atom is -0.310 e. The molecule has 0 N–H and O–H groups in total. The van der Waals surface area contributed by atoms with Gasteiger partial charge in [0.1, 0.15) is 0 Å². The smallest absolute Gasteiger partial charge is 0.0540 e. The first-order chi connectivity index (χ1) is 29.7. The standard InChI is InChI=1S/C58H39NS/c1-2-15-44(16-3-1)49-18-6-7-19-50(49)51-20-8-9-21-52(51)53-22-10-12-24-56(53)59(48-36-37-55-54-23-11-13-25-57(54)60-58(55)39-48)47-34-32-42(33-35-47)41-26-28-43(29-27-41)46-31-30-40-14-4-5-17-45(40)38-46/h1-39H. The molecule has 0 saturated heterocycles. The number of fused-ring (bicyclic) bond motifs is 4. The minimum atomic E-state index is 1.10. The molecule has 0 unspecified atom stereocenters. The van der Waals surface area contributed by atoms with Crippen molar-refractivity contribution in [3.63, 3.8) is 0 Å². The van der Waals surface area contributed by atoms with E-state index in [9.17, 15) is 0 Å². The Hall–Kier alpha value is -7.52. The second-order valence-corrected chi connectivity index (χ2v) is 16.4. The molecule has 2 heteroatoms. The molecule has 11 rings (SSSR count). The predicted molar refractivity (Wildman–Crippen MR) is 259 cm³/mol. The minimum absolute atomic E-state index is 1.10. The molecular formula is C58H39NS. The van der Waals surface area contributed by atoms with Crippen molar-refractivity contribution >= 4 is 59.3 Å². The van der Waals surface area contributed by atoms with Crippen LogP contribution >= 0.6 is 11.3 Å². The molecule has 1 heterocycles. The van der Waals surface area contributed by atoms with Crippen LogP contribution in [0.3, 0.4) is 0 Å². The zero-order valence-corrected chi connectivity index (χ0v) is 33.7. The Labute approximate surface area is 354 Å². The normalized spacial score (nSPS) is 11.3. The third-order valence-electron chi connectivity index (χ3n) is 11.7. The third-order valence-corrected chi connectivity index (χ3v) is 12.8. The van der Waals surface area contributed by atoms with E-state index in [1.807, 2.05) is 11.3 Å². The Morgan fingerprint density at radius 1 is 0.267 bits per heavy atom. The van der Waals surface area contributed by atoms with E-state index in [0.29, 0.717) is 0 Å². The van der Waals surface area contributed by atoms with Crippen LogP contribution in [0.15, 0.2) is 237 Å². The molecule has 0 aliphatic heterocycles. The summed E-state index contributed by atoms with van der Waals surface area (Å²) in [7, 11) is 0. The van der Waals surface area contributed by atoms with Crippen molar-refractivity contribution in [1.29, 1.82) is 0 Å². The molecule has 0 bridgehead atoms. The van der Waals surface area contributed by atoms with Crippen LogP contribution in [0.2, 0.25) is 0 Å². The maximum atomic E-state index is 2.44. The van der Waals surface area contributed by atoms with Crippen LogP contribution in [0.1, 0.15) is 0 Å². The molecule has 0 aliphatic carbocycles. The Kier molecular flexibility index (Phi) is 9.11. The maximum absolute atomic E-state index is 2.44. The average molecular weight is 782 g/mol. The van der Waals surface area contributed by atoms with E-state index in [-0.39, 0.29) is 0 Å². The first-order valence-corrected chi connectivity index (χ1v) is 21.3. The molecule has 0 fully saturated rings. The van der Waals surface area contributed by atoms with Gasteiger partial charge in [-0.3, -0.25) is 0 Å². The highest BCUT2D eigenvalue weighted by Gasteiger charge is 2.21. The summed E-state index contributed by atoms with van der Waals surface area (Å²) in [4.78, 5) is 2.44. The van der Waals surface area contributed by atoms with Gasteiger partial charge in [0.05, 0.1) is 5.69 Å². The van der Waals surface area contributed by atoms with E-state index < -0.39 is 0 Å². The highest BCUT2D eigenvalue weighted by molar-refractivity contribution is 7.25. The molecular weight excluding hydrogens is 743 g/mol. The summed E-state index contributed by atoms with van der Waals surface area (Å²) in [6, 6.07) is 86.2. The molecule has 60 heavy (non-hydrogen) atoms. The predicted octanol–water partition coefficient (Wildman–Crippen LogP) is 17.0. The Bertz CT molecular complexity index is 3310. The average Bonchev–Trinajstić information content (AvgIpc) is 3.70. The van der Waals surface area contributed by atoms with E-state index in [1.54, 1.807) is 0 Å². The summed E-state index contributed by atoms with van der Waals surface area (Å²) in [5.41, 5.74) is 15.3. The van der Waals surface area contributed by atoms with Crippen molar-refractivity contribution in [3.05, 3.63) is 237 Å². The second kappa shape index (κ2) is 15.3. The van der Waals surface area contributed by atoms with Crippen LogP contribution in [-0.2, 0) is 0 Å². The first-order valence-electron chi connectivity index (χ1n) is 20.5. The summed E-state index contributed by atoms with van der Waals surface area (Å²) in [6.07, 6.45) is 0. The van der Waals surface area contributed by atoms with E-state index >= 15 is 0 Å². The van der Waals surface area contributed by atoms with Crippen molar-refractivity contribution in [2.75, 3.05) is 4.90 Å². The quantitative estimate of drug-likeness (QED) is 0.148.